The largest absolute Gasteiger partial charge is 0.340 e. The summed E-state index contributed by atoms with van der Waals surface area (Å²) >= 11 is 0. The lowest BCUT2D eigenvalue weighted by atomic mass is 9.90. The van der Waals surface area contributed by atoms with Gasteiger partial charge in [-0.1, -0.05) is 12.1 Å². The summed E-state index contributed by atoms with van der Waals surface area (Å²) in [6, 6.07) is 6.22. The Kier molecular flexibility index (Phi) is 4.57. The molecule has 1 heterocycles. The van der Waals surface area contributed by atoms with Crippen LogP contribution in [0.4, 0.5) is 0 Å². The van der Waals surface area contributed by atoms with Gasteiger partial charge in [0.1, 0.15) is 0 Å². The number of rotatable bonds is 3. The molecule has 1 saturated heterocycles. The maximum absolute atomic E-state index is 12.5. The normalized spacial score (nSPS) is 18.9. The minimum atomic E-state index is 0.126. The molecule has 1 amide bonds. The maximum atomic E-state index is 12.5. The van der Waals surface area contributed by atoms with Crippen LogP contribution in [-0.4, -0.2) is 54.2 Å². The minimum absolute atomic E-state index is 0.126. The predicted octanol–water partition coefficient (Wildman–Crippen LogP) is 1.91. The lowest BCUT2D eigenvalue weighted by molar-refractivity contribution is -0.130. The first-order valence-electron chi connectivity index (χ1n) is 8.26. The molecular weight excluding hydrogens is 276 g/mol. The molecule has 118 valence electrons. The first-order chi connectivity index (χ1) is 10.6. The SMILES string of the molecule is CC(=O)N1CCN(CC(=O)c2ccc3c(c2)CCCC3)CC1. The van der Waals surface area contributed by atoms with Crippen molar-refractivity contribution in [1.29, 1.82) is 0 Å². The van der Waals surface area contributed by atoms with Crippen LogP contribution >= 0.6 is 0 Å². The van der Waals surface area contributed by atoms with Gasteiger partial charge in [-0.2, -0.15) is 0 Å². The van der Waals surface area contributed by atoms with Gasteiger partial charge in [0, 0.05) is 38.7 Å². The van der Waals surface area contributed by atoms with Crippen LogP contribution in [0, 0.1) is 0 Å². The van der Waals surface area contributed by atoms with Crippen LogP contribution in [0.2, 0.25) is 0 Å². The summed E-state index contributed by atoms with van der Waals surface area (Å²) in [5.74, 6) is 0.324. The molecule has 1 aromatic carbocycles. The van der Waals surface area contributed by atoms with Gasteiger partial charge in [0.2, 0.25) is 5.91 Å². The van der Waals surface area contributed by atoms with Crippen LogP contribution in [0.15, 0.2) is 18.2 Å². The molecule has 0 spiro atoms. The highest BCUT2D eigenvalue weighted by Gasteiger charge is 2.21. The lowest BCUT2D eigenvalue weighted by Gasteiger charge is -2.33. The van der Waals surface area contributed by atoms with Crippen LogP contribution in [0.3, 0.4) is 0 Å². The Morgan fingerprint density at radius 2 is 1.68 bits per heavy atom. The van der Waals surface area contributed by atoms with Crippen molar-refractivity contribution in [2.75, 3.05) is 32.7 Å². The zero-order valence-electron chi connectivity index (χ0n) is 13.3. The van der Waals surface area contributed by atoms with Gasteiger partial charge in [-0.25, -0.2) is 0 Å². The second-order valence-corrected chi connectivity index (χ2v) is 6.40. The molecule has 0 atom stereocenters. The third-order valence-corrected chi connectivity index (χ3v) is 4.86. The van der Waals surface area contributed by atoms with Gasteiger partial charge in [-0.05, 0) is 42.9 Å². The Morgan fingerprint density at radius 3 is 2.36 bits per heavy atom. The molecule has 0 radical (unpaired) electrons. The molecule has 2 aliphatic rings. The highest BCUT2D eigenvalue weighted by molar-refractivity contribution is 5.97. The number of Topliss-reactive ketones (excluding diaryl/α,β-unsaturated/α-hetero) is 1. The molecular formula is C18H24N2O2. The summed E-state index contributed by atoms with van der Waals surface area (Å²) in [4.78, 5) is 27.8. The average molecular weight is 300 g/mol. The van der Waals surface area contributed by atoms with E-state index in [1.54, 1.807) is 6.92 Å². The van der Waals surface area contributed by atoms with Crippen molar-refractivity contribution < 1.29 is 9.59 Å². The molecule has 1 aliphatic heterocycles. The Labute approximate surface area is 132 Å². The number of carbonyl (C=O) groups excluding carboxylic acids is 2. The molecule has 1 fully saturated rings. The lowest BCUT2D eigenvalue weighted by Crippen LogP contribution is -2.49. The van der Waals surface area contributed by atoms with Gasteiger partial charge in [0.25, 0.3) is 0 Å². The number of nitrogens with zero attached hydrogens (tertiary/aromatic N) is 2. The molecule has 0 aromatic heterocycles. The second-order valence-electron chi connectivity index (χ2n) is 6.40. The topological polar surface area (TPSA) is 40.6 Å². The van der Waals surface area contributed by atoms with E-state index in [1.807, 2.05) is 11.0 Å². The fourth-order valence-electron chi connectivity index (χ4n) is 3.42. The van der Waals surface area contributed by atoms with Crippen LogP contribution in [0.5, 0.6) is 0 Å². The number of piperazine rings is 1. The van der Waals surface area contributed by atoms with Crippen LogP contribution in [0.1, 0.15) is 41.3 Å². The van der Waals surface area contributed by atoms with Crippen molar-refractivity contribution >= 4 is 11.7 Å². The van der Waals surface area contributed by atoms with Crippen LogP contribution < -0.4 is 0 Å². The molecule has 1 aliphatic carbocycles. The number of amides is 1. The summed E-state index contributed by atoms with van der Waals surface area (Å²) in [5, 5.41) is 0. The summed E-state index contributed by atoms with van der Waals surface area (Å²) in [5.41, 5.74) is 3.62. The zero-order valence-corrected chi connectivity index (χ0v) is 13.3. The molecule has 0 unspecified atom stereocenters. The van der Waals surface area contributed by atoms with E-state index < -0.39 is 0 Å². The number of aryl methyl sites for hydroxylation is 2. The van der Waals surface area contributed by atoms with E-state index in [-0.39, 0.29) is 11.7 Å². The van der Waals surface area contributed by atoms with Gasteiger partial charge >= 0.3 is 0 Å². The molecule has 3 rings (SSSR count). The summed E-state index contributed by atoms with van der Waals surface area (Å²) in [6.07, 6.45) is 4.75. The molecule has 1 aromatic rings. The smallest absolute Gasteiger partial charge is 0.219 e. The number of benzene rings is 1. The van der Waals surface area contributed by atoms with E-state index in [0.29, 0.717) is 6.54 Å². The second kappa shape index (κ2) is 6.61. The van der Waals surface area contributed by atoms with E-state index in [9.17, 15) is 9.59 Å². The standard InChI is InChI=1S/C18H24N2O2/c1-14(21)20-10-8-19(9-11-20)13-18(22)17-7-6-15-4-2-3-5-16(15)12-17/h6-7,12H,2-5,8-11,13H2,1H3. The Morgan fingerprint density at radius 1 is 1.00 bits per heavy atom. The fourth-order valence-corrected chi connectivity index (χ4v) is 3.42. The quantitative estimate of drug-likeness (QED) is 0.801. The highest BCUT2D eigenvalue weighted by Crippen LogP contribution is 2.22. The zero-order chi connectivity index (χ0) is 15.5. The van der Waals surface area contributed by atoms with Crippen molar-refractivity contribution in [1.82, 2.24) is 9.80 Å². The number of fused-ring (bicyclic) bond motifs is 1. The Hall–Kier alpha value is -1.68. The van der Waals surface area contributed by atoms with E-state index >= 15 is 0 Å². The van der Waals surface area contributed by atoms with Crippen molar-refractivity contribution in [2.24, 2.45) is 0 Å². The van der Waals surface area contributed by atoms with Gasteiger partial charge < -0.3 is 4.90 Å². The monoisotopic (exact) mass is 300 g/mol. The maximum Gasteiger partial charge on any atom is 0.219 e. The number of hydrogen-bond acceptors (Lipinski definition) is 3. The van der Waals surface area contributed by atoms with Crippen molar-refractivity contribution in [3.8, 4) is 0 Å². The number of ketones is 1. The van der Waals surface area contributed by atoms with Gasteiger partial charge in [-0.3, -0.25) is 14.5 Å². The van der Waals surface area contributed by atoms with Crippen LogP contribution in [0.25, 0.3) is 0 Å². The third-order valence-electron chi connectivity index (χ3n) is 4.86. The Bertz CT molecular complexity index is 574. The molecule has 4 heteroatoms. The van der Waals surface area contributed by atoms with Gasteiger partial charge in [0.15, 0.2) is 5.78 Å². The molecule has 0 bridgehead atoms. The highest BCUT2D eigenvalue weighted by atomic mass is 16.2. The van der Waals surface area contributed by atoms with Crippen molar-refractivity contribution in [2.45, 2.75) is 32.6 Å². The van der Waals surface area contributed by atoms with E-state index in [2.05, 4.69) is 17.0 Å². The van der Waals surface area contributed by atoms with E-state index in [4.69, 9.17) is 0 Å². The molecule has 0 N–H and O–H groups in total. The minimum Gasteiger partial charge on any atom is -0.340 e. The van der Waals surface area contributed by atoms with E-state index in [0.717, 1.165) is 44.6 Å². The first-order valence-corrected chi connectivity index (χ1v) is 8.26. The first kappa shape index (κ1) is 15.2. The number of hydrogen-bond donors (Lipinski definition) is 0. The molecule has 4 nitrogen and oxygen atoms in total. The molecule has 22 heavy (non-hydrogen) atoms. The van der Waals surface area contributed by atoms with Crippen molar-refractivity contribution in [3.63, 3.8) is 0 Å². The van der Waals surface area contributed by atoms with E-state index in [1.165, 1.54) is 24.0 Å². The number of carbonyl (C=O) groups is 2. The summed E-state index contributed by atoms with van der Waals surface area (Å²) in [7, 11) is 0. The van der Waals surface area contributed by atoms with Gasteiger partial charge in [-0.15, -0.1) is 0 Å². The van der Waals surface area contributed by atoms with Crippen molar-refractivity contribution in [3.05, 3.63) is 34.9 Å². The van der Waals surface area contributed by atoms with Gasteiger partial charge in [0.05, 0.1) is 6.54 Å². The fraction of sp³-hybridized carbons (Fsp3) is 0.556. The predicted molar refractivity (Wildman–Crippen MR) is 86.1 cm³/mol. The summed E-state index contributed by atoms with van der Waals surface area (Å²) in [6.45, 7) is 5.10. The van der Waals surface area contributed by atoms with Crippen LogP contribution in [-0.2, 0) is 17.6 Å². The summed E-state index contributed by atoms with van der Waals surface area (Å²) < 4.78 is 0. The Balaban J connectivity index is 1.59. The molecule has 0 saturated carbocycles. The average Bonchev–Trinajstić information content (AvgIpc) is 2.55. The third kappa shape index (κ3) is 3.38.